The highest BCUT2D eigenvalue weighted by Crippen LogP contribution is 2.39. The van der Waals surface area contributed by atoms with Crippen LogP contribution in [0.4, 0.5) is 5.82 Å². The van der Waals surface area contributed by atoms with E-state index in [-0.39, 0.29) is 6.10 Å². The molecule has 0 bridgehead atoms. The van der Waals surface area contributed by atoms with E-state index in [1.165, 1.54) is 12.8 Å². The van der Waals surface area contributed by atoms with Gasteiger partial charge in [-0.3, -0.25) is 4.79 Å². The molecule has 164 valence electrons. The Morgan fingerprint density at radius 1 is 1.06 bits per heavy atom. The van der Waals surface area contributed by atoms with Gasteiger partial charge in [-0.05, 0) is 48.2 Å². The van der Waals surface area contributed by atoms with Gasteiger partial charge in [0.15, 0.2) is 0 Å². The molecule has 1 N–H and O–H groups in total. The lowest BCUT2D eigenvalue weighted by Gasteiger charge is -2.23. The molecule has 5 rings (SSSR count). The van der Waals surface area contributed by atoms with Crippen LogP contribution in [0.15, 0.2) is 53.3 Å². The Labute approximate surface area is 186 Å². The number of anilines is 1. The minimum absolute atomic E-state index is 0.0843. The largest absolute Gasteiger partial charge is 0.489 e. The number of benzene rings is 1. The first-order valence-corrected chi connectivity index (χ1v) is 10.6. The summed E-state index contributed by atoms with van der Waals surface area (Å²) in [5.74, 6) is 2.82. The smallest absolute Gasteiger partial charge is 0.212 e. The number of hydrogen-bond donors (Lipinski definition) is 1. The zero-order valence-electron chi connectivity index (χ0n) is 17.6. The fourth-order valence-electron chi connectivity index (χ4n) is 3.43. The quantitative estimate of drug-likeness (QED) is 0.578. The van der Waals surface area contributed by atoms with Crippen molar-refractivity contribution in [1.82, 2.24) is 10.1 Å². The van der Waals surface area contributed by atoms with Crippen molar-refractivity contribution in [3.05, 3.63) is 60.1 Å². The molecule has 32 heavy (non-hydrogen) atoms. The molecule has 1 saturated carbocycles. The Hall–Kier alpha value is -3.70. The summed E-state index contributed by atoms with van der Waals surface area (Å²) in [6, 6.07) is 13.2. The number of hydrogen-bond acceptors (Lipinski definition) is 7. The summed E-state index contributed by atoms with van der Waals surface area (Å²) in [5, 5.41) is 15.6. The van der Waals surface area contributed by atoms with Crippen molar-refractivity contribution in [2.75, 3.05) is 18.5 Å². The lowest BCUT2D eigenvalue weighted by Crippen LogP contribution is -2.26. The number of carbonyl (C=O) groups is 1. The van der Waals surface area contributed by atoms with Crippen molar-refractivity contribution in [2.24, 2.45) is 0 Å². The van der Waals surface area contributed by atoms with Gasteiger partial charge in [0.1, 0.15) is 29.5 Å². The van der Waals surface area contributed by atoms with Crippen LogP contribution in [0.2, 0.25) is 0 Å². The number of nitriles is 1. The number of aromatic nitrogens is 2. The number of carbonyl (C=O) groups excluding carboxylic acids is 1. The number of pyridine rings is 1. The minimum atomic E-state index is 0.0843. The summed E-state index contributed by atoms with van der Waals surface area (Å²) in [4.78, 5) is 14.6. The molecule has 8 heteroatoms. The Bertz CT molecular complexity index is 1070. The molecule has 2 fully saturated rings. The second kappa shape index (κ2) is 10.6. The number of amides is 1. The van der Waals surface area contributed by atoms with Gasteiger partial charge < -0.3 is 19.3 Å². The fourth-order valence-corrected chi connectivity index (χ4v) is 3.43. The molecular formula is C24H24N4O4. The first kappa shape index (κ1) is 21.5. The summed E-state index contributed by atoms with van der Waals surface area (Å²) >= 11 is 0. The molecule has 0 atom stereocenters. The van der Waals surface area contributed by atoms with E-state index >= 15 is 0 Å². The molecular weight excluding hydrogens is 408 g/mol. The van der Waals surface area contributed by atoms with Crippen LogP contribution in [0.5, 0.6) is 5.75 Å². The molecule has 1 aliphatic heterocycles. The van der Waals surface area contributed by atoms with Crippen molar-refractivity contribution in [3.63, 3.8) is 0 Å². The van der Waals surface area contributed by atoms with Crippen LogP contribution in [0.3, 0.4) is 0 Å². The average Bonchev–Trinajstić information content (AvgIpc) is 3.54. The van der Waals surface area contributed by atoms with Gasteiger partial charge in [-0.15, -0.1) is 0 Å². The maximum atomic E-state index is 10.5. The van der Waals surface area contributed by atoms with E-state index < -0.39 is 0 Å². The monoisotopic (exact) mass is 432 g/mol. The van der Waals surface area contributed by atoms with Crippen molar-refractivity contribution in [3.8, 4) is 22.9 Å². The molecule has 2 aromatic heterocycles. The molecule has 8 nitrogen and oxygen atoms in total. The summed E-state index contributed by atoms with van der Waals surface area (Å²) in [5.41, 5.74) is 2.21. The summed E-state index contributed by atoms with van der Waals surface area (Å²) < 4.78 is 16.2. The number of ether oxygens (including phenoxy) is 2. The van der Waals surface area contributed by atoms with E-state index in [4.69, 9.17) is 14.0 Å². The van der Waals surface area contributed by atoms with Crippen LogP contribution in [0, 0.1) is 11.3 Å². The molecule has 3 aromatic rings. The zero-order valence-corrected chi connectivity index (χ0v) is 17.6. The second-order valence-corrected chi connectivity index (χ2v) is 7.63. The van der Waals surface area contributed by atoms with E-state index in [1.54, 1.807) is 24.5 Å². The van der Waals surface area contributed by atoms with Crippen LogP contribution in [0.25, 0.3) is 11.1 Å². The van der Waals surface area contributed by atoms with Gasteiger partial charge >= 0.3 is 0 Å². The van der Waals surface area contributed by atoms with E-state index in [0.717, 1.165) is 29.7 Å². The molecule has 1 amide bonds. The summed E-state index contributed by atoms with van der Waals surface area (Å²) in [6.45, 7) is 1.38. The normalized spacial score (nSPS) is 15.7. The lowest BCUT2D eigenvalue weighted by molar-refractivity contribution is -0.105. The minimum Gasteiger partial charge on any atom is -0.489 e. The van der Waals surface area contributed by atoms with Crippen molar-refractivity contribution < 1.29 is 18.8 Å². The highest BCUT2D eigenvalue weighted by Gasteiger charge is 2.26. The summed E-state index contributed by atoms with van der Waals surface area (Å²) in [6.07, 6.45) is 8.21. The molecule has 1 aromatic carbocycles. The molecule has 0 spiro atoms. The van der Waals surface area contributed by atoms with Crippen LogP contribution < -0.4 is 10.1 Å². The van der Waals surface area contributed by atoms with E-state index in [0.29, 0.717) is 42.7 Å². The van der Waals surface area contributed by atoms with Crippen LogP contribution in [0.1, 0.15) is 42.9 Å². The molecule has 0 unspecified atom stereocenters. The average molecular weight is 432 g/mol. The fraction of sp³-hybridized carbons (Fsp3) is 0.333. The van der Waals surface area contributed by atoms with Gasteiger partial charge in [0.25, 0.3) is 0 Å². The van der Waals surface area contributed by atoms with Crippen LogP contribution in [-0.4, -0.2) is 35.9 Å². The number of nitrogens with one attached hydrogen (secondary N) is 1. The van der Waals surface area contributed by atoms with Gasteiger partial charge in [0.2, 0.25) is 6.41 Å². The molecule has 2 aliphatic rings. The number of rotatable bonds is 6. The Morgan fingerprint density at radius 2 is 1.88 bits per heavy atom. The SMILES string of the molecule is N#Cc1cc(-c2ccnc(NC=O)c2)ccc1OC1CCOCC1.c1cc(C2CC2)on1. The first-order valence-electron chi connectivity index (χ1n) is 10.6. The topological polar surface area (TPSA) is 110 Å². The molecule has 1 aliphatic carbocycles. The van der Waals surface area contributed by atoms with Gasteiger partial charge in [0, 0.05) is 31.0 Å². The molecule has 3 heterocycles. The van der Waals surface area contributed by atoms with Crippen LogP contribution in [-0.2, 0) is 9.53 Å². The van der Waals surface area contributed by atoms with Gasteiger partial charge in [0.05, 0.1) is 25.0 Å². The third-order valence-corrected chi connectivity index (χ3v) is 5.30. The second-order valence-electron chi connectivity index (χ2n) is 7.63. The third-order valence-electron chi connectivity index (χ3n) is 5.30. The molecule has 1 saturated heterocycles. The molecule has 0 radical (unpaired) electrons. The first-order chi connectivity index (χ1) is 15.8. The van der Waals surface area contributed by atoms with Gasteiger partial charge in [-0.25, -0.2) is 4.98 Å². The lowest BCUT2D eigenvalue weighted by atomic mass is 10.0. The maximum Gasteiger partial charge on any atom is 0.212 e. The highest BCUT2D eigenvalue weighted by atomic mass is 16.5. The Morgan fingerprint density at radius 3 is 2.56 bits per heavy atom. The van der Waals surface area contributed by atoms with Crippen molar-refractivity contribution >= 4 is 12.2 Å². The summed E-state index contributed by atoms with van der Waals surface area (Å²) in [7, 11) is 0. The maximum absolute atomic E-state index is 10.5. The highest BCUT2D eigenvalue weighted by molar-refractivity contribution is 5.74. The Balaban J connectivity index is 0.000000254. The van der Waals surface area contributed by atoms with E-state index in [1.807, 2.05) is 24.3 Å². The van der Waals surface area contributed by atoms with E-state index in [9.17, 15) is 10.1 Å². The van der Waals surface area contributed by atoms with Gasteiger partial charge in [-0.1, -0.05) is 11.2 Å². The standard InChI is InChI=1S/C18H17N3O3.C6H7NO/c19-11-15-9-13(14-3-6-20-18(10-14)21-12-22)1-2-17(15)24-16-4-7-23-8-5-16;1-2-5(1)6-3-4-7-8-6/h1-3,6,9-10,12,16H,4-5,7-8H2,(H,20,21,22);3-5H,1-2H2. The van der Waals surface area contributed by atoms with E-state index in [2.05, 4.69) is 21.5 Å². The Kier molecular flexibility index (Phi) is 7.10. The third kappa shape index (κ3) is 5.71. The predicted molar refractivity (Wildman–Crippen MR) is 117 cm³/mol. The number of nitrogens with zero attached hydrogens (tertiary/aromatic N) is 3. The van der Waals surface area contributed by atoms with Crippen molar-refractivity contribution in [2.45, 2.75) is 37.7 Å². The van der Waals surface area contributed by atoms with Crippen molar-refractivity contribution in [1.29, 1.82) is 5.26 Å². The van der Waals surface area contributed by atoms with Gasteiger partial charge in [-0.2, -0.15) is 5.26 Å². The predicted octanol–water partition coefficient (Wildman–Crippen LogP) is 4.30. The van der Waals surface area contributed by atoms with Crippen LogP contribution >= 0.6 is 0 Å². The zero-order chi connectivity index (χ0) is 22.2.